The van der Waals surface area contributed by atoms with E-state index in [1.165, 1.54) is 25.3 Å². The lowest BCUT2D eigenvalue weighted by Crippen LogP contribution is -2.16. The fraction of sp³-hybridized carbons (Fsp3) is 0.571. The van der Waals surface area contributed by atoms with Gasteiger partial charge in [-0.25, -0.2) is 0 Å². The van der Waals surface area contributed by atoms with Crippen molar-refractivity contribution < 1.29 is 4.92 Å². The highest BCUT2D eigenvalue weighted by Crippen LogP contribution is 2.34. The van der Waals surface area contributed by atoms with Gasteiger partial charge in [0.25, 0.3) is 5.69 Å². The zero-order chi connectivity index (χ0) is 14.0. The first-order chi connectivity index (χ1) is 9.01. The van der Waals surface area contributed by atoms with Crippen LogP contribution in [0, 0.1) is 23.0 Å². The number of anilines is 1. The zero-order valence-corrected chi connectivity index (χ0v) is 12.0. The van der Waals surface area contributed by atoms with Gasteiger partial charge in [-0.2, -0.15) is 0 Å². The Balaban J connectivity index is 2.13. The van der Waals surface area contributed by atoms with E-state index in [4.69, 9.17) is 11.6 Å². The van der Waals surface area contributed by atoms with E-state index < -0.39 is 4.92 Å². The van der Waals surface area contributed by atoms with Gasteiger partial charge in [0.2, 0.25) is 0 Å². The molecule has 1 aromatic rings. The Bertz CT molecular complexity index is 491. The Kier molecular flexibility index (Phi) is 4.30. The fourth-order valence-electron chi connectivity index (χ4n) is 2.76. The average Bonchev–Trinajstić information content (AvgIpc) is 2.80. The van der Waals surface area contributed by atoms with E-state index in [2.05, 4.69) is 12.2 Å². The van der Waals surface area contributed by atoms with Crippen LogP contribution in [0.3, 0.4) is 0 Å². The highest BCUT2D eigenvalue weighted by atomic mass is 35.5. The molecule has 1 aliphatic rings. The average molecular weight is 283 g/mol. The van der Waals surface area contributed by atoms with Gasteiger partial charge in [-0.3, -0.25) is 10.1 Å². The van der Waals surface area contributed by atoms with Crippen LogP contribution in [0.5, 0.6) is 0 Å². The van der Waals surface area contributed by atoms with Crippen molar-refractivity contribution in [3.05, 3.63) is 32.8 Å². The van der Waals surface area contributed by atoms with Gasteiger partial charge in [0, 0.05) is 17.8 Å². The van der Waals surface area contributed by atoms with Crippen molar-refractivity contribution in [1.82, 2.24) is 0 Å². The van der Waals surface area contributed by atoms with Crippen molar-refractivity contribution in [2.24, 2.45) is 5.92 Å². The lowest BCUT2D eigenvalue weighted by Gasteiger charge is -2.16. The summed E-state index contributed by atoms with van der Waals surface area (Å²) >= 11 is 5.96. The van der Waals surface area contributed by atoms with Gasteiger partial charge in [0.05, 0.1) is 4.92 Å². The van der Waals surface area contributed by atoms with E-state index in [0.717, 1.165) is 23.6 Å². The number of nitro groups is 1. The van der Waals surface area contributed by atoms with Crippen molar-refractivity contribution in [3.8, 4) is 0 Å². The summed E-state index contributed by atoms with van der Waals surface area (Å²) in [4.78, 5) is 10.4. The van der Waals surface area contributed by atoms with Crippen LogP contribution in [0.2, 0.25) is 5.02 Å². The minimum Gasteiger partial charge on any atom is -0.382 e. The maximum Gasteiger partial charge on any atom is 0.288 e. The molecule has 4 nitrogen and oxygen atoms in total. The highest BCUT2D eigenvalue weighted by molar-refractivity contribution is 6.33. The summed E-state index contributed by atoms with van der Waals surface area (Å²) in [6.07, 6.45) is 4.81. The number of hydrogen-bond acceptors (Lipinski definition) is 3. The summed E-state index contributed by atoms with van der Waals surface area (Å²) in [6, 6.07) is 3.67. The van der Waals surface area contributed by atoms with E-state index in [9.17, 15) is 10.1 Å². The number of rotatable bonds is 4. The summed E-state index contributed by atoms with van der Waals surface area (Å²) in [5.74, 6) is 0.798. The molecule has 0 saturated heterocycles. The standard InChI is InChI=1S/C14H19ClN2O2/c1-3-10-4-5-11(7-10)16-13-8-12(15)14(17(18)19)6-9(13)2/h6,8,10-11,16H,3-5,7H2,1-2H3. The minimum atomic E-state index is -0.443. The van der Waals surface area contributed by atoms with E-state index in [1.807, 2.05) is 6.92 Å². The Labute approximate surface area is 118 Å². The van der Waals surface area contributed by atoms with E-state index in [0.29, 0.717) is 6.04 Å². The first-order valence-corrected chi connectivity index (χ1v) is 7.10. The van der Waals surface area contributed by atoms with Gasteiger partial charge in [0.15, 0.2) is 0 Å². The highest BCUT2D eigenvalue weighted by Gasteiger charge is 2.24. The number of benzene rings is 1. The van der Waals surface area contributed by atoms with Crippen LogP contribution in [0.15, 0.2) is 12.1 Å². The maximum atomic E-state index is 10.8. The minimum absolute atomic E-state index is 0.0254. The number of aryl methyl sites for hydroxylation is 1. The topological polar surface area (TPSA) is 55.2 Å². The molecule has 0 bridgehead atoms. The van der Waals surface area contributed by atoms with Gasteiger partial charge in [-0.1, -0.05) is 24.9 Å². The molecule has 0 heterocycles. The van der Waals surface area contributed by atoms with Crippen LogP contribution in [-0.4, -0.2) is 11.0 Å². The van der Waals surface area contributed by atoms with Crippen molar-refractivity contribution in [2.75, 3.05) is 5.32 Å². The summed E-state index contributed by atoms with van der Waals surface area (Å²) < 4.78 is 0. The third kappa shape index (κ3) is 3.18. The summed E-state index contributed by atoms with van der Waals surface area (Å²) in [5.41, 5.74) is 1.76. The lowest BCUT2D eigenvalue weighted by atomic mass is 10.1. The van der Waals surface area contributed by atoms with E-state index in [1.54, 1.807) is 6.07 Å². The molecule has 2 rings (SSSR count). The summed E-state index contributed by atoms with van der Waals surface area (Å²) in [7, 11) is 0. The molecule has 0 aromatic heterocycles. The Hall–Kier alpha value is -1.29. The predicted molar refractivity (Wildman–Crippen MR) is 77.9 cm³/mol. The first kappa shape index (κ1) is 14.1. The second-order valence-electron chi connectivity index (χ2n) is 5.30. The van der Waals surface area contributed by atoms with Crippen molar-refractivity contribution >= 4 is 23.0 Å². The zero-order valence-electron chi connectivity index (χ0n) is 11.3. The van der Waals surface area contributed by atoms with Gasteiger partial charge >= 0.3 is 0 Å². The molecule has 1 N–H and O–H groups in total. The molecule has 19 heavy (non-hydrogen) atoms. The maximum absolute atomic E-state index is 10.8. The summed E-state index contributed by atoms with van der Waals surface area (Å²) in [5, 5.41) is 14.5. The SMILES string of the molecule is CCC1CCC(Nc2cc(Cl)c([N+](=O)[O-])cc2C)C1. The molecule has 1 saturated carbocycles. The van der Waals surface area contributed by atoms with Crippen molar-refractivity contribution in [2.45, 2.75) is 45.6 Å². The summed E-state index contributed by atoms with van der Waals surface area (Å²) in [6.45, 7) is 4.10. The number of hydrogen-bond donors (Lipinski definition) is 1. The van der Waals surface area contributed by atoms with E-state index in [-0.39, 0.29) is 10.7 Å². The number of halogens is 1. The molecule has 2 unspecified atom stereocenters. The van der Waals surface area contributed by atoms with Gasteiger partial charge in [-0.05, 0) is 43.7 Å². The third-order valence-corrected chi connectivity index (χ3v) is 4.27. The van der Waals surface area contributed by atoms with Crippen LogP contribution in [0.1, 0.15) is 38.2 Å². The normalized spacial score (nSPS) is 22.5. The molecule has 0 radical (unpaired) electrons. The Morgan fingerprint density at radius 1 is 1.47 bits per heavy atom. The molecule has 1 fully saturated rings. The Morgan fingerprint density at radius 3 is 2.79 bits per heavy atom. The second-order valence-corrected chi connectivity index (χ2v) is 5.71. The molecular weight excluding hydrogens is 264 g/mol. The van der Waals surface area contributed by atoms with E-state index >= 15 is 0 Å². The van der Waals surface area contributed by atoms with Crippen molar-refractivity contribution in [3.63, 3.8) is 0 Å². The van der Waals surface area contributed by atoms with Crippen LogP contribution in [-0.2, 0) is 0 Å². The molecular formula is C14H19ClN2O2. The van der Waals surface area contributed by atoms with Crippen LogP contribution in [0.25, 0.3) is 0 Å². The largest absolute Gasteiger partial charge is 0.382 e. The van der Waals surface area contributed by atoms with Crippen molar-refractivity contribution in [1.29, 1.82) is 0 Å². The Morgan fingerprint density at radius 2 is 2.21 bits per heavy atom. The molecule has 1 aliphatic carbocycles. The molecule has 104 valence electrons. The molecule has 0 aliphatic heterocycles. The van der Waals surface area contributed by atoms with Gasteiger partial charge in [0.1, 0.15) is 5.02 Å². The quantitative estimate of drug-likeness (QED) is 0.651. The molecule has 5 heteroatoms. The van der Waals surface area contributed by atoms with Crippen LogP contribution in [0.4, 0.5) is 11.4 Å². The molecule has 1 aromatic carbocycles. The smallest absolute Gasteiger partial charge is 0.288 e. The first-order valence-electron chi connectivity index (χ1n) is 6.72. The van der Waals surface area contributed by atoms with Crippen LogP contribution >= 0.6 is 11.6 Å². The molecule has 0 amide bonds. The van der Waals surface area contributed by atoms with Crippen LogP contribution < -0.4 is 5.32 Å². The number of nitro benzene ring substituents is 1. The third-order valence-electron chi connectivity index (χ3n) is 3.97. The second kappa shape index (κ2) is 5.78. The molecule has 0 spiro atoms. The monoisotopic (exact) mass is 282 g/mol. The fourth-order valence-corrected chi connectivity index (χ4v) is 2.99. The number of nitrogens with zero attached hydrogens (tertiary/aromatic N) is 1. The van der Waals surface area contributed by atoms with Gasteiger partial charge < -0.3 is 5.32 Å². The predicted octanol–water partition coefficient (Wildman–Crippen LogP) is 4.55. The lowest BCUT2D eigenvalue weighted by molar-refractivity contribution is -0.384. The van der Waals surface area contributed by atoms with Gasteiger partial charge in [-0.15, -0.1) is 0 Å². The number of nitrogens with one attached hydrogen (secondary N) is 1. The molecule has 2 atom stereocenters.